The van der Waals surface area contributed by atoms with Crippen LogP contribution in [0, 0.1) is 0 Å². The lowest BCUT2D eigenvalue weighted by atomic mass is 10.1. The first-order chi connectivity index (χ1) is 6.75. The number of aryl methyl sites for hydroxylation is 1. The molecule has 1 fully saturated rings. The Morgan fingerprint density at radius 1 is 1.79 bits per heavy atom. The predicted octanol–water partition coefficient (Wildman–Crippen LogP) is 0.106. The van der Waals surface area contributed by atoms with E-state index in [4.69, 9.17) is 4.74 Å². The third-order valence-corrected chi connectivity index (χ3v) is 2.29. The van der Waals surface area contributed by atoms with Gasteiger partial charge < -0.3 is 4.74 Å². The van der Waals surface area contributed by atoms with Gasteiger partial charge in [-0.05, 0) is 12.8 Å². The van der Waals surface area contributed by atoms with Gasteiger partial charge in [0.15, 0.2) is 5.78 Å². The fourth-order valence-corrected chi connectivity index (χ4v) is 1.59. The van der Waals surface area contributed by atoms with E-state index < -0.39 is 0 Å². The Bertz CT molecular complexity index is 329. The van der Waals surface area contributed by atoms with Crippen LogP contribution >= 0.6 is 0 Å². The predicted molar refractivity (Wildman–Crippen MR) is 48.7 cm³/mol. The summed E-state index contributed by atoms with van der Waals surface area (Å²) < 4.78 is 5.29. The number of aromatic nitrogens is 3. The van der Waals surface area contributed by atoms with E-state index in [9.17, 15) is 4.79 Å². The summed E-state index contributed by atoms with van der Waals surface area (Å²) in [5.74, 6) is 0.114. The zero-order valence-electron chi connectivity index (χ0n) is 8.14. The number of nitrogens with zero attached hydrogens (tertiary/aromatic N) is 3. The molecule has 1 aromatic rings. The summed E-state index contributed by atoms with van der Waals surface area (Å²) in [6.07, 6.45) is 3.57. The van der Waals surface area contributed by atoms with E-state index in [1.54, 1.807) is 13.2 Å². The van der Waals surface area contributed by atoms with Crippen molar-refractivity contribution in [2.24, 2.45) is 7.05 Å². The average Bonchev–Trinajstić information content (AvgIpc) is 2.75. The molecule has 1 aliphatic rings. The highest BCUT2D eigenvalue weighted by Gasteiger charge is 2.23. The molecule has 0 spiro atoms. The van der Waals surface area contributed by atoms with Crippen LogP contribution < -0.4 is 0 Å². The van der Waals surface area contributed by atoms with Crippen molar-refractivity contribution >= 4 is 5.78 Å². The molecule has 2 heterocycles. The Labute approximate surface area is 82.1 Å². The molecule has 0 aromatic carbocycles. The van der Waals surface area contributed by atoms with Gasteiger partial charge >= 0.3 is 0 Å². The number of hydrogen-bond donors (Lipinski definition) is 0. The molecule has 0 aliphatic carbocycles. The van der Waals surface area contributed by atoms with Gasteiger partial charge in [-0.25, -0.2) is 0 Å². The highest BCUT2D eigenvalue weighted by Crippen LogP contribution is 2.14. The lowest BCUT2D eigenvalue weighted by Crippen LogP contribution is -2.21. The van der Waals surface area contributed by atoms with Gasteiger partial charge in [0, 0.05) is 13.7 Å². The Balaban J connectivity index is 1.93. The fraction of sp³-hybridized carbons (Fsp3) is 0.667. The molecule has 0 saturated carbocycles. The normalized spacial score (nSPS) is 21.4. The molecule has 1 atom stereocenters. The molecule has 1 unspecified atom stereocenters. The topological polar surface area (TPSA) is 57.0 Å². The summed E-state index contributed by atoms with van der Waals surface area (Å²) in [4.78, 5) is 13.1. The van der Waals surface area contributed by atoms with E-state index in [0.717, 1.165) is 12.8 Å². The molecule has 5 nitrogen and oxygen atoms in total. The average molecular weight is 195 g/mol. The van der Waals surface area contributed by atoms with Crippen LogP contribution in [0.4, 0.5) is 0 Å². The zero-order valence-corrected chi connectivity index (χ0v) is 8.14. The van der Waals surface area contributed by atoms with Gasteiger partial charge in [0.1, 0.15) is 6.10 Å². The summed E-state index contributed by atoms with van der Waals surface area (Å²) in [6.45, 7) is 0.705. The second-order valence-electron chi connectivity index (χ2n) is 3.47. The Morgan fingerprint density at radius 3 is 3.21 bits per heavy atom. The largest absolute Gasteiger partial charge is 0.370 e. The highest BCUT2D eigenvalue weighted by molar-refractivity contribution is 5.84. The van der Waals surface area contributed by atoms with Crippen LogP contribution in [-0.2, 0) is 23.0 Å². The molecule has 14 heavy (non-hydrogen) atoms. The molecule has 1 saturated heterocycles. The zero-order chi connectivity index (χ0) is 9.97. The minimum Gasteiger partial charge on any atom is -0.370 e. The molecule has 2 rings (SSSR count). The fourth-order valence-electron chi connectivity index (χ4n) is 1.59. The van der Waals surface area contributed by atoms with Crippen molar-refractivity contribution in [2.45, 2.75) is 25.4 Å². The molecular weight excluding hydrogens is 182 g/mol. The molecule has 1 aliphatic heterocycles. The van der Waals surface area contributed by atoms with Crippen molar-refractivity contribution < 1.29 is 9.53 Å². The van der Waals surface area contributed by atoms with Crippen LogP contribution in [-0.4, -0.2) is 33.5 Å². The Morgan fingerprint density at radius 2 is 2.64 bits per heavy atom. The maximum atomic E-state index is 11.6. The second-order valence-corrected chi connectivity index (χ2v) is 3.47. The smallest absolute Gasteiger partial charge is 0.167 e. The first kappa shape index (κ1) is 9.33. The molecule has 0 radical (unpaired) electrons. The quantitative estimate of drug-likeness (QED) is 0.686. The number of carbonyl (C=O) groups is 1. The van der Waals surface area contributed by atoms with E-state index in [2.05, 4.69) is 10.2 Å². The molecule has 1 aromatic heterocycles. The van der Waals surface area contributed by atoms with Crippen molar-refractivity contribution in [3.8, 4) is 0 Å². The number of ketones is 1. The molecular formula is C9H13N3O2. The monoisotopic (exact) mass is 195 g/mol. The van der Waals surface area contributed by atoms with Crippen LogP contribution in [0.15, 0.2) is 6.20 Å². The van der Waals surface area contributed by atoms with Crippen molar-refractivity contribution in [1.29, 1.82) is 0 Å². The third-order valence-electron chi connectivity index (χ3n) is 2.29. The SMILES string of the molecule is Cn1ncc(CC(=O)C2CCCO2)n1. The minimum atomic E-state index is -0.211. The first-order valence-electron chi connectivity index (χ1n) is 4.75. The lowest BCUT2D eigenvalue weighted by Gasteiger charge is -2.05. The summed E-state index contributed by atoms with van der Waals surface area (Å²) in [6, 6.07) is 0. The molecule has 0 N–H and O–H groups in total. The number of rotatable bonds is 3. The van der Waals surface area contributed by atoms with Gasteiger partial charge in [-0.15, -0.1) is 0 Å². The summed E-state index contributed by atoms with van der Waals surface area (Å²) in [7, 11) is 1.74. The van der Waals surface area contributed by atoms with Crippen molar-refractivity contribution in [3.05, 3.63) is 11.9 Å². The van der Waals surface area contributed by atoms with Gasteiger partial charge in [0.25, 0.3) is 0 Å². The number of carbonyl (C=O) groups excluding carboxylic acids is 1. The van der Waals surface area contributed by atoms with Crippen molar-refractivity contribution in [2.75, 3.05) is 6.61 Å². The minimum absolute atomic E-state index is 0.114. The lowest BCUT2D eigenvalue weighted by molar-refractivity contribution is -0.127. The highest BCUT2D eigenvalue weighted by atomic mass is 16.5. The maximum absolute atomic E-state index is 11.6. The van der Waals surface area contributed by atoms with E-state index in [0.29, 0.717) is 18.7 Å². The first-order valence-corrected chi connectivity index (χ1v) is 4.75. The van der Waals surface area contributed by atoms with Crippen molar-refractivity contribution in [3.63, 3.8) is 0 Å². The standard InChI is InChI=1S/C9H13N3O2/c1-12-10-6-7(11-12)5-8(13)9-3-2-4-14-9/h6,9H,2-5H2,1H3. The second kappa shape index (κ2) is 3.88. The Kier molecular flexibility index (Phi) is 2.58. The van der Waals surface area contributed by atoms with E-state index in [1.165, 1.54) is 4.80 Å². The third kappa shape index (κ3) is 1.98. The van der Waals surface area contributed by atoms with Crippen molar-refractivity contribution in [1.82, 2.24) is 15.0 Å². The van der Waals surface area contributed by atoms with Gasteiger partial charge in [0.2, 0.25) is 0 Å². The van der Waals surface area contributed by atoms with Gasteiger partial charge in [-0.3, -0.25) is 4.79 Å². The summed E-state index contributed by atoms with van der Waals surface area (Å²) in [5, 5.41) is 7.96. The number of Topliss-reactive ketones (excluding diaryl/α,β-unsaturated/α-hetero) is 1. The van der Waals surface area contributed by atoms with E-state index >= 15 is 0 Å². The molecule has 76 valence electrons. The number of ether oxygens (including phenoxy) is 1. The van der Waals surface area contributed by atoms with E-state index in [-0.39, 0.29) is 11.9 Å². The van der Waals surface area contributed by atoms with E-state index in [1.807, 2.05) is 0 Å². The van der Waals surface area contributed by atoms with Crippen LogP contribution in [0.1, 0.15) is 18.5 Å². The van der Waals surface area contributed by atoms with Crippen LogP contribution in [0.25, 0.3) is 0 Å². The summed E-state index contributed by atoms with van der Waals surface area (Å²) >= 11 is 0. The van der Waals surface area contributed by atoms with Gasteiger partial charge in [0.05, 0.1) is 18.3 Å². The molecule has 5 heteroatoms. The summed E-state index contributed by atoms with van der Waals surface area (Å²) in [5.41, 5.74) is 0.716. The van der Waals surface area contributed by atoms with Crippen LogP contribution in [0.5, 0.6) is 0 Å². The number of hydrogen-bond acceptors (Lipinski definition) is 4. The van der Waals surface area contributed by atoms with Crippen LogP contribution in [0.2, 0.25) is 0 Å². The molecule has 0 amide bonds. The Hall–Kier alpha value is -1.23. The van der Waals surface area contributed by atoms with Crippen LogP contribution in [0.3, 0.4) is 0 Å². The maximum Gasteiger partial charge on any atom is 0.167 e. The van der Waals surface area contributed by atoms with Gasteiger partial charge in [-0.2, -0.15) is 15.0 Å². The molecule has 0 bridgehead atoms. The van der Waals surface area contributed by atoms with Gasteiger partial charge in [-0.1, -0.05) is 0 Å².